The zero-order valence-electron chi connectivity index (χ0n) is 18.7. The maximum Gasteiger partial charge on any atom is 0.416 e. The number of aryl methyl sites for hydroxylation is 1. The number of benzene rings is 3. The molecule has 3 aromatic carbocycles. The van der Waals surface area contributed by atoms with Crippen LogP contribution in [0.1, 0.15) is 23.6 Å². The van der Waals surface area contributed by atoms with E-state index in [1.807, 2.05) is 24.3 Å². The van der Waals surface area contributed by atoms with Gasteiger partial charge < -0.3 is 0 Å². The molecule has 0 unspecified atom stereocenters. The lowest BCUT2D eigenvalue weighted by molar-refractivity contribution is -0.137. The first kappa shape index (κ1) is 26.7. The molecule has 0 fully saturated rings. The molecule has 11 heteroatoms. The van der Waals surface area contributed by atoms with Gasteiger partial charge in [-0.3, -0.25) is 9.10 Å². The number of carbonyl (C=O) groups is 1. The number of nitrogens with zero attached hydrogens (tertiary/aromatic N) is 2. The molecular formula is C24H21F3IN3O3S. The van der Waals surface area contributed by atoms with E-state index >= 15 is 0 Å². The first-order chi connectivity index (χ1) is 16.4. The zero-order chi connectivity index (χ0) is 25.8. The summed E-state index contributed by atoms with van der Waals surface area (Å²) in [5, 5.41) is 4.01. The van der Waals surface area contributed by atoms with E-state index in [9.17, 15) is 26.4 Å². The van der Waals surface area contributed by atoms with E-state index in [1.165, 1.54) is 18.2 Å². The summed E-state index contributed by atoms with van der Waals surface area (Å²) < 4.78 is 68.2. The van der Waals surface area contributed by atoms with Crippen molar-refractivity contribution < 1.29 is 26.4 Å². The van der Waals surface area contributed by atoms with Crippen LogP contribution < -0.4 is 9.73 Å². The highest BCUT2D eigenvalue weighted by Crippen LogP contribution is 2.33. The molecule has 6 nitrogen and oxygen atoms in total. The van der Waals surface area contributed by atoms with E-state index < -0.39 is 34.2 Å². The van der Waals surface area contributed by atoms with Crippen LogP contribution in [0.25, 0.3) is 0 Å². The highest BCUT2D eigenvalue weighted by Gasteiger charge is 2.33. The molecule has 1 N–H and O–H groups in total. The molecule has 0 aliphatic heterocycles. The Balaban J connectivity index is 1.94. The lowest BCUT2D eigenvalue weighted by Gasteiger charge is -2.24. The minimum atomic E-state index is -4.69. The number of nitrogens with one attached hydrogen (secondary N) is 1. The lowest BCUT2D eigenvalue weighted by atomic mass is 10.1. The topological polar surface area (TPSA) is 78.8 Å². The molecule has 0 saturated carbocycles. The SMILES string of the molecule is C/C(=N/NC(=O)CN(c1cccc(C(F)(F)F)c1)S(=O)(=O)c1ccc(C)cc1)c1ccc(I)cc1. The van der Waals surface area contributed by atoms with Crippen LogP contribution in [0.2, 0.25) is 0 Å². The minimum absolute atomic E-state index is 0.160. The number of amides is 1. The summed E-state index contributed by atoms with van der Waals surface area (Å²) in [6.45, 7) is 2.65. The first-order valence-electron chi connectivity index (χ1n) is 10.2. The number of carbonyl (C=O) groups excluding carboxylic acids is 1. The summed E-state index contributed by atoms with van der Waals surface area (Å²) in [5.74, 6) is -0.817. The average molecular weight is 615 g/mol. The molecule has 0 bridgehead atoms. The maximum absolute atomic E-state index is 13.4. The Hall–Kier alpha value is -2.93. The summed E-state index contributed by atoms with van der Waals surface area (Å²) in [6.07, 6.45) is -4.69. The summed E-state index contributed by atoms with van der Waals surface area (Å²) in [6, 6.07) is 16.9. The van der Waals surface area contributed by atoms with E-state index in [2.05, 4.69) is 33.1 Å². The van der Waals surface area contributed by atoms with Crippen molar-refractivity contribution in [2.75, 3.05) is 10.8 Å². The number of rotatable bonds is 7. The number of sulfonamides is 1. The van der Waals surface area contributed by atoms with Gasteiger partial charge in [0.05, 0.1) is 21.9 Å². The van der Waals surface area contributed by atoms with Gasteiger partial charge in [-0.2, -0.15) is 18.3 Å². The third-order valence-electron chi connectivity index (χ3n) is 4.97. The Morgan fingerprint density at radius 1 is 1.03 bits per heavy atom. The van der Waals surface area contributed by atoms with Gasteiger partial charge >= 0.3 is 6.18 Å². The molecular weight excluding hydrogens is 594 g/mol. The van der Waals surface area contributed by atoms with Gasteiger partial charge in [-0.25, -0.2) is 13.8 Å². The molecule has 3 aromatic rings. The van der Waals surface area contributed by atoms with Crippen LogP contribution in [0.3, 0.4) is 0 Å². The highest BCUT2D eigenvalue weighted by atomic mass is 127. The Morgan fingerprint density at radius 2 is 1.66 bits per heavy atom. The van der Waals surface area contributed by atoms with Crippen molar-refractivity contribution in [1.29, 1.82) is 0 Å². The monoisotopic (exact) mass is 615 g/mol. The number of anilines is 1. The molecule has 3 rings (SSSR count). The minimum Gasteiger partial charge on any atom is -0.271 e. The van der Waals surface area contributed by atoms with Crippen molar-refractivity contribution in [2.45, 2.75) is 24.9 Å². The Labute approximate surface area is 215 Å². The van der Waals surface area contributed by atoms with Gasteiger partial charge in [0.1, 0.15) is 6.54 Å². The van der Waals surface area contributed by atoms with Crippen LogP contribution in [0.5, 0.6) is 0 Å². The molecule has 0 aliphatic carbocycles. The van der Waals surface area contributed by atoms with Crippen molar-refractivity contribution in [3.8, 4) is 0 Å². The summed E-state index contributed by atoms with van der Waals surface area (Å²) in [4.78, 5) is 12.5. The van der Waals surface area contributed by atoms with Crippen LogP contribution in [-0.4, -0.2) is 26.6 Å². The number of hydrogen-bond donors (Lipinski definition) is 1. The largest absolute Gasteiger partial charge is 0.416 e. The third-order valence-corrected chi connectivity index (χ3v) is 7.48. The fraction of sp³-hybridized carbons (Fsp3) is 0.167. The number of hydrogen-bond acceptors (Lipinski definition) is 4. The first-order valence-corrected chi connectivity index (χ1v) is 12.8. The van der Waals surface area contributed by atoms with Gasteiger partial charge in [-0.15, -0.1) is 0 Å². The van der Waals surface area contributed by atoms with Gasteiger partial charge in [0, 0.05) is 3.57 Å². The van der Waals surface area contributed by atoms with Crippen LogP contribution in [0, 0.1) is 10.5 Å². The Kier molecular flexibility index (Phi) is 8.21. The maximum atomic E-state index is 13.4. The van der Waals surface area contributed by atoms with Crippen molar-refractivity contribution >= 4 is 49.9 Å². The second-order valence-corrected chi connectivity index (χ2v) is 10.7. The average Bonchev–Trinajstić information content (AvgIpc) is 2.81. The van der Waals surface area contributed by atoms with Crippen LogP contribution >= 0.6 is 22.6 Å². The summed E-state index contributed by atoms with van der Waals surface area (Å²) in [5.41, 5.74) is 2.98. The summed E-state index contributed by atoms with van der Waals surface area (Å²) in [7, 11) is -4.37. The number of alkyl halides is 3. The molecule has 0 aliphatic rings. The normalized spacial score (nSPS) is 12.3. The third kappa shape index (κ3) is 6.82. The van der Waals surface area contributed by atoms with Crippen molar-refractivity contribution in [3.05, 3.63) is 93.1 Å². The van der Waals surface area contributed by atoms with E-state index in [-0.39, 0.29) is 10.6 Å². The second-order valence-electron chi connectivity index (χ2n) is 7.61. The highest BCUT2D eigenvalue weighted by molar-refractivity contribution is 14.1. The van der Waals surface area contributed by atoms with Gasteiger partial charge in [0.2, 0.25) is 0 Å². The van der Waals surface area contributed by atoms with Crippen molar-refractivity contribution in [1.82, 2.24) is 5.43 Å². The standard InChI is InChI=1S/C24H21F3IN3O3S/c1-16-6-12-22(13-7-16)35(33,34)31(21-5-3-4-19(14-21)24(25,26)27)15-23(32)30-29-17(2)18-8-10-20(28)11-9-18/h3-14H,15H2,1-2H3,(H,30,32)/b29-17-. The molecule has 0 atom stereocenters. The molecule has 184 valence electrons. The number of halogens is 4. The van der Waals surface area contributed by atoms with Gasteiger partial charge in [0.15, 0.2) is 0 Å². The molecule has 35 heavy (non-hydrogen) atoms. The predicted octanol–water partition coefficient (Wildman–Crippen LogP) is 5.35. The van der Waals surface area contributed by atoms with Crippen molar-refractivity contribution in [2.24, 2.45) is 5.10 Å². The van der Waals surface area contributed by atoms with E-state index in [0.717, 1.165) is 26.8 Å². The predicted molar refractivity (Wildman–Crippen MR) is 137 cm³/mol. The van der Waals surface area contributed by atoms with Crippen molar-refractivity contribution in [3.63, 3.8) is 0 Å². The molecule has 1 amide bonds. The van der Waals surface area contributed by atoms with Gasteiger partial charge in [0.25, 0.3) is 15.9 Å². The lowest BCUT2D eigenvalue weighted by Crippen LogP contribution is -2.40. The number of hydrazone groups is 1. The van der Waals surface area contributed by atoms with Crippen LogP contribution in [0.15, 0.2) is 82.8 Å². The van der Waals surface area contributed by atoms with Gasteiger partial charge in [-0.1, -0.05) is 35.9 Å². The molecule has 0 radical (unpaired) electrons. The summed E-state index contributed by atoms with van der Waals surface area (Å²) >= 11 is 2.15. The Bertz CT molecular complexity index is 1340. The fourth-order valence-corrected chi connectivity index (χ4v) is 4.83. The molecule has 0 aromatic heterocycles. The smallest absolute Gasteiger partial charge is 0.271 e. The molecule has 0 heterocycles. The molecule has 0 spiro atoms. The van der Waals surface area contributed by atoms with Crippen LogP contribution in [-0.2, 0) is 21.0 Å². The zero-order valence-corrected chi connectivity index (χ0v) is 21.6. The Morgan fingerprint density at radius 3 is 2.26 bits per heavy atom. The second kappa shape index (κ2) is 10.8. The van der Waals surface area contributed by atoms with Gasteiger partial charge in [-0.05, 0) is 84.5 Å². The van der Waals surface area contributed by atoms with E-state index in [4.69, 9.17) is 0 Å². The molecule has 0 saturated heterocycles. The van der Waals surface area contributed by atoms with E-state index in [1.54, 1.807) is 26.0 Å². The quantitative estimate of drug-likeness (QED) is 0.221. The van der Waals surface area contributed by atoms with Crippen LogP contribution in [0.4, 0.5) is 18.9 Å². The fourth-order valence-electron chi connectivity index (χ4n) is 3.06. The van der Waals surface area contributed by atoms with E-state index in [0.29, 0.717) is 16.1 Å².